The van der Waals surface area contributed by atoms with Crippen LogP contribution in [0.5, 0.6) is 0 Å². The van der Waals surface area contributed by atoms with Crippen molar-refractivity contribution in [2.24, 2.45) is 5.73 Å². The van der Waals surface area contributed by atoms with Gasteiger partial charge in [0.05, 0.1) is 17.3 Å². The minimum absolute atomic E-state index is 0.283. The lowest BCUT2D eigenvalue weighted by molar-refractivity contribution is -0.119. The summed E-state index contributed by atoms with van der Waals surface area (Å²) in [6, 6.07) is 20.2. The number of benzene rings is 2. The molecule has 0 aliphatic carbocycles. The molecule has 1 atom stereocenters. The number of hydrogen-bond donors (Lipinski definition) is 3. The van der Waals surface area contributed by atoms with E-state index in [1.165, 1.54) is 0 Å². The second-order valence-corrected chi connectivity index (χ2v) is 8.32. The first-order valence-corrected chi connectivity index (χ1v) is 10.9. The smallest absolute Gasteiger partial charge is 0.255 e. The van der Waals surface area contributed by atoms with Gasteiger partial charge in [0.2, 0.25) is 5.91 Å². The molecule has 2 aromatic heterocycles. The quantitative estimate of drug-likeness (QED) is 0.367. The summed E-state index contributed by atoms with van der Waals surface area (Å²) in [6.07, 6.45) is 3.84. The summed E-state index contributed by atoms with van der Waals surface area (Å²) in [5, 5.41) is 4.88. The highest BCUT2D eigenvalue weighted by molar-refractivity contribution is 7.13. The van der Waals surface area contributed by atoms with Gasteiger partial charge in [0, 0.05) is 22.8 Å². The predicted molar refractivity (Wildman–Crippen MR) is 128 cm³/mol. The lowest BCUT2D eigenvalue weighted by atomic mass is 9.91. The average Bonchev–Trinajstić information content (AvgIpc) is 3.34. The van der Waals surface area contributed by atoms with Crippen LogP contribution in [0, 0.1) is 0 Å². The van der Waals surface area contributed by atoms with Gasteiger partial charge in [-0.2, -0.15) is 0 Å². The summed E-state index contributed by atoms with van der Waals surface area (Å²) in [7, 11) is 0. The van der Waals surface area contributed by atoms with Gasteiger partial charge >= 0.3 is 0 Å². The SMILES string of the molecule is NC(=O)C(Cc1cccnc1)c1ccc(C(=O)Nc2cc(-c3cccs3)ccc2N)cc1. The second kappa shape index (κ2) is 9.45. The van der Waals surface area contributed by atoms with Crippen LogP contribution in [0.25, 0.3) is 10.4 Å². The number of aromatic nitrogens is 1. The zero-order chi connectivity index (χ0) is 22.5. The van der Waals surface area contributed by atoms with Gasteiger partial charge in [0.25, 0.3) is 5.91 Å². The molecule has 5 N–H and O–H groups in total. The number of nitrogens with one attached hydrogen (secondary N) is 1. The van der Waals surface area contributed by atoms with E-state index in [2.05, 4.69) is 10.3 Å². The molecule has 160 valence electrons. The molecule has 4 aromatic rings. The Morgan fingerprint density at radius 3 is 2.50 bits per heavy atom. The van der Waals surface area contributed by atoms with Crippen molar-refractivity contribution in [3.8, 4) is 10.4 Å². The van der Waals surface area contributed by atoms with Gasteiger partial charge in [-0.25, -0.2) is 0 Å². The first kappa shape index (κ1) is 21.3. The van der Waals surface area contributed by atoms with Gasteiger partial charge in [-0.05, 0) is 64.9 Å². The number of nitrogen functional groups attached to an aromatic ring is 1. The molecule has 2 heterocycles. The maximum absolute atomic E-state index is 12.8. The topological polar surface area (TPSA) is 111 Å². The Balaban J connectivity index is 1.51. The van der Waals surface area contributed by atoms with Crippen LogP contribution in [0.1, 0.15) is 27.4 Å². The maximum atomic E-state index is 12.8. The molecule has 0 aliphatic rings. The highest BCUT2D eigenvalue weighted by Crippen LogP contribution is 2.30. The van der Waals surface area contributed by atoms with Crippen molar-refractivity contribution in [3.63, 3.8) is 0 Å². The third-order valence-corrected chi connectivity index (χ3v) is 6.11. The van der Waals surface area contributed by atoms with E-state index in [9.17, 15) is 9.59 Å². The van der Waals surface area contributed by atoms with E-state index < -0.39 is 11.8 Å². The van der Waals surface area contributed by atoms with E-state index in [0.29, 0.717) is 23.4 Å². The molecule has 7 heteroatoms. The summed E-state index contributed by atoms with van der Waals surface area (Å²) >= 11 is 1.62. The van der Waals surface area contributed by atoms with E-state index in [0.717, 1.165) is 21.6 Å². The Morgan fingerprint density at radius 1 is 1.03 bits per heavy atom. The van der Waals surface area contributed by atoms with Gasteiger partial charge in [-0.15, -0.1) is 11.3 Å². The van der Waals surface area contributed by atoms with Crippen molar-refractivity contribution < 1.29 is 9.59 Å². The number of pyridine rings is 1. The van der Waals surface area contributed by atoms with E-state index in [1.54, 1.807) is 54.1 Å². The first-order chi connectivity index (χ1) is 15.5. The predicted octanol–water partition coefficient (Wildman–Crippen LogP) is 4.46. The van der Waals surface area contributed by atoms with E-state index in [-0.39, 0.29) is 5.91 Å². The van der Waals surface area contributed by atoms with Gasteiger partial charge in [-0.3, -0.25) is 14.6 Å². The molecule has 6 nitrogen and oxygen atoms in total. The zero-order valence-electron chi connectivity index (χ0n) is 17.2. The molecule has 1 unspecified atom stereocenters. The fourth-order valence-corrected chi connectivity index (χ4v) is 4.18. The molecule has 0 saturated carbocycles. The van der Waals surface area contributed by atoms with Crippen molar-refractivity contribution in [2.75, 3.05) is 11.1 Å². The standard InChI is InChI=1S/C25H22N4O2S/c26-21-10-9-19(23-4-2-12-32-23)14-22(21)29-25(31)18-7-5-17(6-8-18)20(24(27)30)13-16-3-1-11-28-15-16/h1-12,14-15,20H,13,26H2,(H2,27,30)(H,29,31). The van der Waals surface area contributed by atoms with Crippen molar-refractivity contribution in [1.82, 2.24) is 4.98 Å². The number of rotatable bonds is 7. The molecule has 2 amide bonds. The van der Waals surface area contributed by atoms with Crippen LogP contribution in [0.15, 0.2) is 84.5 Å². The van der Waals surface area contributed by atoms with Crippen molar-refractivity contribution in [3.05, 3.63) is 101 Å². The molecule has 2 aromatic carbocycles. The van der Waals surface area contributed by atoms with Crippen LogP contribution in [0.2, 0.25) is 0 Å². The fourth-order valence-electron chi connectivity index (χ4n) is 3.46. The summed E-state index contributed by atoms with van der Waals surface area (Å²) in [5.74, 6) is -1.21. The third-order valence-electron chi connectivity index (χ3n) is 5.19. The molecule has 0 bridgehead atoms. The van der Waals surface area contributed by atoms with Crippen molar-refractivity contribution in [2.45, 2.75) is 12.3 Å². The van der Waals surface area contributed by atoms with E-state index >= 15 is 0 Å². The van der Waals surface area contributed by atoms with Gasteiger partial charge in [0.15, 0.2) is 0 Å². The molecule has 0 spiro atoms. The second-order valence-electron chi connectivity index (χ2n) is 7.38. The largest absolute Gasteiger partial charge is 0.397 e. The number of amides is 2. The van der Waals surface area contributed by atoms with Crippen LogP contribution in [-0.2, 0) is 11.2 Å². The fraction of sp³-hybridized carbons (Fsp3) is 0.0800. The van der Waals surface area contributed by atoms with Gasteiger partial charge in [0.1, 0.15) is 0 Å². The molecule has 0 aliphatic heterocycles. The molecule has 0 saturated heterocycles. The number of nitrogens with two attached hydrogens (primary N) is 2. The monoisotopic (exact) mass is 442 g/mol. The zero-order valence-corrected chi connectivity index (χ0v) is 18.0. The normalized spacial score (nSPS) is 11.6. The summed E-state index contributed by atoms with van der Waals surface area (Å²) < 4.78 is 0. The van der Waals surface area contributed by atoms with Gasteiger partial charge < -0.3 is 16.8 Å². The van der Waals surface area contributed by atoms with Crippen LogP contribution in [0.4, 0.5) is 11.4 Å². The molecule has 4 rings (SSSR count). The Hall–Kier alpha value is -3.97. The minimum atomic E-state index is -0.505. The number of thiophene rings is 1. The van der Waals surface area contributed by atoms with Crippen molar-refractivity contribution in [1.29, 1.82) is 0 Å². The number of hydrogen-bond acceptors (Lipinski definition) is 5. The summed E-state index contributed by atoms with van der Waals surface area (Å²) in [4.78, 5) is 30.0. The lowest BCUT2D eigenvalue weighted by Gasteiger charge is -2.15. The number of anilines is 2. The summed E-state index contributed by atoms with van der Waals surface area (Å²) in [6.45, 7) is 0. The molecule has 0 fully saturated rings. The number of primary amides is 1. The van der Waals surface area contributed by atoms with E-state index in [4.69, 9.17) is 11.5 Å². The van der Waals surface area contributed by atoms with Gasteiger partial charge in [-0.1, -0.05) is 30.3 Å². The Morgan fingerprint density at radius 2 is 1.84 bits per heavy atom. The first-order valence-electron chi connectivity index (χ1n) is 10.0. The lowest BCUT2D eigenvalue weighted by Crippen LogP contribution is -2.23. The highest BCUT2D eigenvalue weighted by Gasteiger charge is 2.19. The third kappa shape index (κ3) is 4.84. The minimum Gasteiger partial charge on any atom is -0.397 e. The highest BCUT2D eigenvalue weighted by atomic mass is 32.1. The molecular formula is C25H22N4O2S. The van der Waals surface area contributed by atoms with Crippen LogP contribution < -0.4 is 16.8 Å². The Labute approximate surface area is 189 Å². The number of carbonyl (C=O) groups excluding carboxylic acids is 2. The molecule has 0 radical (unpaired) electrons. The maximum Gasteiger partial charge on any atom is 0.255 e. The number of nitrogens with zero attached hydrogens (tertiary/aromatic N) is 1. The Kier molecular flexibility index (Phi) is 6.28. The van der Waals surface area contributed by atoms with Crippen LogP contribution >= 0.6 is 11.3 Å². The van der Waals surface area contributed by atoms with Crippen molar-refractivity contribution >= 4 is 34.5 Å². The Bertz CT molecular complexity index is 1220. The van der Waals surface area contributed by atoms with Crippen LogP contribution in [0.3, 0.4) is 0 Å². The summed E-state index contributed by atoms with van der Waals surface area (Å²) in [5.41, 5.74) is 15.9. The molecular weight excluding hydrogens is 420 g/mol. The average molecular weight is 443 g/mol. The number of carbonyl (C=O) groups is 2. The van der Waals surface area contributed by atoms with E-state index in [1.807, 2.05) is 41.8 Å². The van der Waals surface area contributed by atoms with Crippen LogP contribution in [-0.4, -0.2) is 16.8 Å². The molecule has 32 heavy (non-hydrogen) atoms.